The molecule has 0 amide bonds. The predicted octanol–water partition coefficient (Wildman–Crippen LogP) is 20.4. The van der Waals surface area contributed by atoms with Crippen LogP contribution in [0, 0.1) is 0 Å². The first-order valence-electron chi connectivity index (χ1n) is 26.1. The van der Waals surface area contributed by atoms with Gasteiger partial charge in [-0.1, -0.05) is 242 Å². The van der Waals surface area contributed by atoms with Gasteiger partial charge in [-0.3, -0.25) is 0 Å². The molecule has 0 aliphatic rings. The molecule has 0 saturated carbocycles. The van der Waals surface area contributed by atoms with Gasteiger partial charge in [0.15, 0.2) is 0 Å². The van der Waals surface area contributed by atoms with Crippen molar-refractivity contribution in [2.24, 2.45) is 0 Å². The third kappa shape index (κ3) is 7.55. The number of hydrogen-bond acceptors (Lipinski definition) is 1. The Morgan fingerprint density at radius 3 is 1.41 bits per heavy atom. The fraction of sp³-hybridized carbons (Fsp3) is 0.111. The number of fused-ring (bicyclic) bond motifs is 3. The first-order chi connectivity index (χ1) is 36.0. The first kappa shape index (κ1) is 45.2. The Kier molecular flexibility index (Phi) is 10.7. The Morgan fingerprint density at radius 2 is 0.797 bits per heavy atom. The van der Waals surface area contributed by atoms with E-state index in [4.69, 9.17) is 0 Å². The average molecular weight is 951 g/mol. The van der Waals surface area contributed by atoms with E-state index in [0.717, 1.165) is 17.1 Å². The number of hydrogen-bond donors (Lipinski definition) is 0. The monoisotopic (exact) mass is 950 g/mol. The zero-order valence-electron chi connectivity index (χ0n) is 43.0. The summed E-state index contributed by atoms with van der Waals surface area (Å²) >= 11 is 0. The molecule has 1 heterocycles. The number of para-hydroxylation sites is 2. The SMILES string of the molecule is CC(C)(C)c1cc(-c2ccccc2-c2ccccc2)cc(N(c2cc(C(C)(C)C)ccc2-c2ccccc2-c2ccccc2)c2ccc3ccc4c(-n5c6ccccc6c6ccccc65)ccc5ccc2c3c54)c1. The van der Waals surface area contributed by atoms with E-state index in [2.05, 4.69) is 294 Å². The molecule has 0 N–H and O–H groups in total. The topological polar surface area (TPSA) is 8.17 Å². The van der Waals surface area contributed by atoms with Gasteiger partial charge in [-0.25, -0.2) is 0 Å². The van der Waals surface area contributed by atoms with Crippen molar-refractivity contribution < 1.29 is 0 Å². The molecular weight excluding hydrogens is 893 g/mol. The largest absolute Gasteiger partial charge is 0.309 e. The second kappa shape index (κ2) is 17.5. The molecule has 0 aliphatic carbocycles. The van der Waals surface area contributed by atoms with E-state index >= 15 is 0 Å². The maximum Gasteiger partial charge on any atom is 0.0543 e. The quantitative estimate of drug-likeness (QED) is 0.138. The summed E-state index contributed by atoms with van der Waals surface area (Å²) in [4.78, 5) is 2.61. The second-order valence-electron chi connectivity index (χ2n) is 22.1. The third-order valence-electron chi connectivity index (χ3n) is 15.5. The molecule has 356 valence electrons. The summed E-state index contributed by atoms with van der Waals surface area (Å²) in [6.45, 7) is 14.0. The van der Waals surface area contributed by atoms with Crippen LogP contribution in [0.1, 0.15) is 52.7 Å². The molecule has 0 unspecified atom stereocenters. The molecule has 0 radical (unpaired) electrons. The minimum Gasteiger partial charge on any atom is -0.309 e. The highest BCUT2D eigenvalue weighted by Crippen LogP contribution is 2.51. The van der Waals surface area contributed by atoms with Gasteiger partial charge in [-0.05, 0) is 125 Å². The molecule has 74 heavy (non-hydrogen) atoms. The summed E-state index contributed by atoms with van der Waals surface area (Å²) in [7, 11) is 0. The van der Waals surface area contributed by atoms with Crippen molar-refractivity contribution in [2.75, 3.05) is 4.90 Å². The number of nitrogens with zero attached hydrogens (tertiary/aromatic N) is 2. The van der Waals surface area contributed by atoms with Gasteiger partial charge in [-0.2, -0.15) is 0 Å². The molecule has 2 nitrogen and oxygen atoms in total. The van der Waals surface area contributed by atoms with Crippen LogP contribution in [0.2, 0.25) is 0 Å². The molecule has 0 saturated heterocycles. The maximum absolute atomic E-state index is 2.61. The van der Waals surface area contributed by atoms with Gasteiger partial charge in [0.05, 0.1) is 28.1 Å². The van der Waals surface area contributed by atoms with Crippen molar-refractivity contribution in [3.8, 4) is 50.2 Å². The highest BCUT2D eigenvalue weighted by molar-refractivity contribution is 6.27. The smallest absolute Gasteiger partial charge is 0.0543 e. The van der Waals surface area contributed by atoms with Crippen LogP contribution in [0.25, 0.3) is 104 Å². The second-order valence-corrected chi connectivity index (χ2v) is 22.1. The fourth-order valence-corrected chi connectivity index (χ4v) is 11.7. The van der Waals surface area contributed by atoms with E-state index in [9.17, 15) is 0 Å². The van der Waals surface area contributed by atoms with Crippen molar-refractivity contribution in [3.05, 3.63) is 254 Å². The van der Waals surface area contributed by atoms with Crippen LogP contribution in [0.5, 0.6) is 0 Å². The van der Waals surface area contributed by atoms with Crippen molar-refractivity contribution in [1.82, 2.24) is 4.57 Å². The predicted molar refractivity (Wildman–Crippen MR) is 318 cm³/mol. The molecule has 0 fully saturated rings. The molecule has 12 aromatic carbocycles. The fourth-order valence-electron chi connectivity index (χ4n) is 11.7. The summed E-state index contributed by atoms with van der Waals surface area (Å²) in [6.07, 6.45) is 0. The summed E-state index contributed by atoms with van der Waals surface area (Å²) in [5.41, 5.74) is 18.8. The van der Waals surface area contributed by atoms with Gasteiger partial charge in [0, 0.05) is 32.8 Å². The summed E-state index contributed by atoms with van der Waals surface area (Å²) in [6, 6.07) is 90.7. The van der Waals surface area contributed by atoms with Crippen LogP contribution in [-0.4, -0.2) is 4.57 Å². The molecule has 0 atom stereocenters. The van der Waals surface area contributed by atoms with E-state index in [1.54, 1.807) is 0 Å². The minimum atomic E-state index is -0.167. The molecule has 13 aromatic rings. The summed E-state index contributed by atoms with van der Waals surface area (Å²) < 4.78 is 2.48. The van der Waals surface area contributed by atoms with E-state index in [-0.39, 0.29) is 10.8 Å². The number of benzene rings is 12. The zero-order valence-corrected chi connectivity index (χ0v) is 43.0. The van der Waals surface area contributed by atoms with E-state index in [1.165, 1.54) is 115 Å². The Balaban J connectivity index is 1.14. The van der Waals surface area contributed by atoms with Crippen LogP contribution < -0.4 is 4.90 Å². The number of anilines is 3. The molecule has 0 aliphatic heterocycles. The molecule has 13 rings (SSSR count). The minimum absolute atomic E-state index is 0.128. The lowest BCUT2D eigenvalue weighted by atomic mass is 9.83. The highest BCUT2D eigenvalue weighted by Gasteiger charge is 2.28. The van der Waals surface area contributed by atoms with Crippen molar-refractivity contribution in [1.29, 1.82) is 0 Å². The van der Waals surface area contributed by atoms with Gasteiger partial charge in [-0.15, -0.1) is 0 Å². The van der Waals surface area contributed by atoms with Crippen molar-refractivity contribution in [2.45, 2.75) is 52.4 Å². The van der Waals surface area contributed by atoms with Gasteiger partial charge in [0.2, 0.25) is 0 Å². The highest BCUT2D eigenvalue weighted by atomic mass is 15.1. The molecule has 0 spiro atoms. The van der Waals surface area contributed by atoms with Gasteiger partial charge in [0.25, 0.3) is 0 Å². The third-order valence-corrected chi connectivity index (χ3v) is 15.5. The Labute approximate surface area is 434 Å². The first-order valence-corrected chi connectivity index (χ1v) is 26.1. The number of rotatable bonds is 8. The maximum atomic E-state index is 2.61. The molecule has 0 bridgehead atoms. The van der Waals surface area contributed by atoms with Crippen molar-refractivity contribution in [3.63, 3.8) is 0 Å². The van der Waals surface area contributed by atoms with E-state index in [1.807, 2.05) is 0 Å². The lowest BCUT2D eigenvalue weighted by Gasteiger charge is -2.33. The van der Waals surface area contributed by atoms with E-state index in [0.29, 0.717) is 0 Å². The summed E-state index contributed by atoms with van der Waals surface area (Å²) in [5.74, 6) is 0. The lowest BCUT2D eigenvalue weighted by Crippen LogP contribution is -2.17. The van der Waals surface area contributed by atoms with Crippen LogP contribution >= 0.6 is 0 Å². The van der Waals surface area contributed by atoms with Gasteiger partial charge >= 0.3 is 0 Å². The Morgan fingerprint density at radius 1 is 0.311 bits per heavy atom. The lowest BCUT2D eigenvalue weighted by molar-refractivity contribution is 0.590. The molecule has 2 heteroatoms. The zero-order chi connectivity index (χ0) is 50.3. The van der Waals surface area contributed by atoms with Crippen molar-refractivity contribution >= 4 is 71.2 Å². The van der Waals surface area contributed by atoms with Gasteiger partial charge < -0.3 is 9.47 Å². The van der Waals surface area contributed by atoms with Crippen LogP contribution in [0.3, 0.4) is 0 Å². The molecular formula is C72H58N2. The van der Waals surface area contributed by atoms with Crippen LogP contribution in [0.4, 0.5) is 17.1 Å². The standard InChI is InChI=1S/C72H58N2/c1-71(2,3)52-37-40-61(58-28-16-15-26-56(58)48-23-11-8-12-24-48)68(46-52)73(54-44-51(43-53(45-54)72(4,5)6)57-27-14-13-25-55(57)47-21-9-7-10-22-47)66-41-35-49-34-39-63-67(42-36-50-33-38-62(66)69(49)70(50)63)74-64-31-19-17-29-59(64)60-30-18-20-32-65(60)74/h7-46H,1-6H3. The van der Waals surface area contributed by atoms with Crippen LogP contribution in [-0.2, 0) is 10.8 Å². The number of aromatic nitrogens is 1. The average Bonchev–Trinajstić information content (AvgIpc) is 3.77. The molecule has 1 aromatic heterocycles. The normalized spacial score (nSPS) is 12.2. The summed E-state index contributed by atoms with van der Waals surface area (Å²) in [5, 5.41) is 9.96. The van der Waals surface area contributed by atoms with E-state index < -0.39 is 0 Å². The Bertz CT molecular complexity index is 4200. The van der Waals surface area contributed by atoms with Crippen LogP contribution in [0.15, 0.2) is 243 Å². The Hall–Kier alpha value is -8.72. The van der Waals surface area contributed by atoms with Gasteiger partial charge in [0.1, 0.15) is 0 Å².